The predicted octanol–water partition coefficient (Wildman–Crippen LogP) is 4.50. The van der Waals surface area contributed by atoms with E-state index in [2.05, 4.69) is 20.6 Å². The standard InChI is InChI=1S/C19H19ClN4O2/c1-25-16-7-6-13(10-17(16)26-2)12-22-18-8-9-21-19(24-18)23-15-5-3-4-14(20)11-15/h3-11H,12H2,1-2H3,(H2,21,22,23,24). The Morgan fingerprint density at radius 2 is 1.85 bits per heavy atom. The van der Waals surface area contributed by atoms with Gasteiger partial charge < -0.3 is 20.1 Å². The number of ether oxygens (including phenoxy) is 2. The van der Waals surface area contributed by atoms with E-state index in [-0.39, 0.29) is 0 Å². The van der Waals surface area contributed by atoms with Gasteiger partial charge in [-0.15, -0.1) is 0 Å². The van der Waals surface area contributed by atoms with Crippen molar-refractivity contribution in [3.8, 4) is 11.5 Å². The zero-order valence-electron chi connectivity index (χ0n) is 14.5. The third kappa shape index (κ3) is 4.55. The fraction of sp³-hybridized carbons (Fsp3) is 0.158. The van der Waals surface area contributed by atoms with Crippen LogP contribution < -0.4 is 20.1 Å². The van der Waals surface area contributed by atoms with Crippen molar-refractivity contribution in [3.63, 3.8) is 0 Å². The number of hydrogen-bond acceptors (Lipinski definition) is 6. The van der Waals surface area contributed by atoms with Gasteiger partial charge in [0.15, 0.2) is 11.5 Å². The number of nitrogens with one attached hydrogen (secondary N) is 2. The molecule has 134 valence electrons. The Morgan fingerprint density at radius 1 is 1.00 bits per heavy atom. The first-order chi connectivity index (χ1) is 12.7. The molecule has 2 N–H and O–H groups in total. The van der Waals surface area contributed by atoms with Crippen LogP contribution in [0.4, 0.5) is 17.5 Å². The lowest BCUT2D eigenvalue weighted by molar-refractivity contribution is 0.354. The average Bonchev–Trinajstić information content (AvgIpc) is 2.66. The SMILES string of the molecule is COc1ccc(CNc2ccnc(Nc3cccc(Cl)c3)n2)cc1OC. The van der Waals surface area contributed by atoms with E-state index in [1.165, 1.54) is 0 Å². The lowest BCUT2D eigenvalue weighted by Crippen LogP contribution is -2.04. The summed E-state index contributed by atoms with van der Waals surface area (Å²) in [7, 11) is 3.23. The number of nitrogens with zero attached hydrogens (tertiary/aromatic N) is 2. The van der Waals surface area contributed by atoms with Crippen LogP contribution in [-0.4, -0.2) is 24.2 Å². The van der Waals surface area contributed by atoms with Crippen molar-refractivity contribution in [1.82, 2.24) is 9.97 Å². The number of aromatic nitrogens is 2. The smallest absolute Gasteiger partial charge is 0.229 e. The van der Waals surface area contributed by atoms with Crippen LogP contribution in [0.3, 0.4) is 0 Å². The number of methoxy groups -OCH3 is 2. The van der Waals surface area contributed by atoms with Gasteiger partial charge in [0.05, 0.1) is 14.2 Å². The molecule has 0 aliphatic heterocycles. The molecule has 0 aliphatic rings. The van der Waals surface area contributed by atoms with E-state index in [1.807, 2.05) is 48.5 Å². The maximum Gasteiger partial charge on any atom is 0.229 e. The van der Waals surface area contributed by atoms with Crippen molar-refractivity contribution < 1.29 is 9.47 Å². The zero-order chi connectivity index (χ0) is 18.4. The van der Waals surface area contributed by atoms with Gasteiger partial charge in [0, 0.05) is 23.5 Å². The molecule has 0 saturated heterocycles. The molecule has 3 rings (SSSR count). The second kappa shape index (κ2) is 8.40. The molecule has 0 unspecified atom stereocenters. The highest BCUT2D eigenvalue weighted by atomic mass is 35.5. The lowest BCUT2D eigenvalue weighted by Gasteiger charge is -2.11. The van der Waals surface area contributed by atoms with E-state index in [9.17, 15) is 0 Å². The molecule has 2 aromatic carbocycles. The molecule has 26 heavy (non-hydrogen) atoms. The van der Waals surface area contributed by atoms with Gasteiger partial charge >= 0.3 is 0 Å². The van der Waals surface area contributed by atoms with Gasteiger partial charge in [0.1, 0.15) is 5.82 Å². The Balaban J connectivity index is 1.67. The molecule has 0 spiro atoms. The van der Waals surface area contributed by atoms with Crippen LogP contribution in [-0.2, 0) is 6.54 Å². The van der Waals surface area contributed by atoms with Crippen molar-refractivity contribution in [3.05, 3.63) is 65.3 Å². The summed E-state index contributed by atoms with van der Waals surface area (Å²) in [6, 6.07) is 15.0. The van der Waals surface area contributed by atoms with E-state index in [1.54, 1.807) is 20.4 Å². The van der Waals surface area contributed by atoms with Crippen molar-refractivity contribution >= 4 is 29.1 Å². The fourth-order valence-corrected chi connectivity index (χ4v) is 2.59. The van der Waals surface area contributed by atoms with Crippen LogP contribution in [0.5, 0.6) is 11.5 Å². The van der Waals surface area contributed by atoms with Gasteiger partial charge in [0.2, 0.25) is 5.95 Å². The molecule has 0 fully saturated rings. The molecule has 0 radical (unpaired) electrons. The Hall–Kier alpha value is -2.99. The van der Waals surface area contributed by atoms with Crippen molar-refractivity contribution in [2.45, 2.75) is 6.54 Å². The van der Waals surface area contributed by atoms with Gasteiger partial charge in [-0.2, -0.15) is 4.98 Å². The predicted molar refractivity (Wildman–Crippen MR) is 104 cm³/mol. The number of rotatable bonds is 7. The first-order valence-corrected chi connectivity index (χ1v) is 8.36. The van der Waals surface area contributed by atoms with Crippen LogP contribution in [0, 0.1) is 0 Å². The first-order valence-electron chi connectivity index (χ1n) is 7.98. The van der Waals surface area contributed by atoms with Crippen LogP contribution >= 0.6 is 11.6 Å². The Labute approximate surface area is 157 Å². The monoisotopic (exact) mass is 370 g/mol. The van der Waals surface area contributed by atoms with Crippen molar-refractivity contribution in [1.29, 1.82) is 0 Å². The summed E-state index contributed by atoms with van der Waals surface area (Å²) in [6.07, 6.45) is 1.69. The number of hydrogen-bond donors (Lipinski definition) is 2. The minimum absolute atomic E-state index is 0.490. The lowest BCUT2D eigenvalue weighted by atomic mass is 10.2. The van der Waals surface area contributed by atoms with Crippen molar-refractivity contribution in [2.75, 3.05) is 24.9 Å². The van der Waals surface area contributed by atoms with Crippen molar-refractivity contribution in [2.24, 2.45) is 0 Å². The molecule has 0 atom stereocenters. The average molecular weight is 371 g/mol. The minimum atomic E-state index is 0.490. The highest BCUT2D eigenvalue weighted by molar-refractivity contribution is 6.30. The fourth-order valence-electron chi connectivity index (χ4n) is 2.40. The van der Waals surface area contributed by atoms with E-state index in [0.717, 1.165) is 11.3 Å². The third-order valence-electron chi connectivity index (χ3n) is 3.66. The second-order valence-corrected chi connectivity index (χ2v) is 5.88. The maximum atomic E-state index is 5.99. The number of anilines is 3. The molecular weight excluding hydrogens is 352 g/mol. The second-order valence-electron chi connectivity index (χ2n) is 5.44. The Kier molecular flexibility index (Phi) is 5.76. The Morgan fingerprint density at radius 3 is 2.62 bits per heavy atom. The van der Waals surface area contributed by atoms with E-state index >= 15 is 0 Å². The topological polar surface area (TPSA) is 68.3 Å². The van der Waals surface area contributed by atoms with E-state index in [4.69, 9.17) is 21.1 Å². The van der Waals surface area contributed by atoms with Gasteiger partial charge in [-0.05, 0) is 42.0 Å². The first kappa shape index (κ1) is 17.8. The highest BCUT2D eigenvalue weighted by Crippen LogP contribution is 2.27. The summed E-state index contributed by atoms with van der Waals surface area (Å²) in [5, 5.41) is 7.06. The number of halogens is 1. The summed E-state index contributed by atoms with van der Waals surface area (Å²) in [5.41, 5.74) is 1.88. The van der Waals surface area contributed by atoms with Crippen LogP contribution in [0.2, 0.25) is 5.02 Å². The Bertz CT molecular complexity index is 889. The largest absolute Gasteiger partial charge is 0.493 e. The summed E-state index contributed by atoms with van der Waals surface area (Å²) >= 11 is 5.99. The molecule has 0 saturated carbocycles. The zero-order valence-corrected chi connectivity index (χ0v) is 15.2. The molecule has 1 heterocycles. The minimum Gasteiger partial charge on any atom is -0.493 e. The molecular formula is C19H19ClN4O2. The van der Waals surface area contributed by atoms with Crippen LogP contribution in [0.1, 0.15) is 5.56 Å². The van der Waals surface area contributed by atoms with Gasteiger partial charge in [-0.1, -0.05) is 23.7 Å². The molecule has 1 aromatic heterocycles. The highest BCUT2D eigenvalue weighted by Gasteiger charge is 2.05. The maximum absolute atomic E-state index is 5.99. The van der Waals surface area contributed by atoms with E-state index < -0.39 is 0 Å². The molecule has 0 aliphatic carbocycles. The summed E-state index contributed by atoms with van der Waals surface area (Å²) in [5.74, 6) is 2.59. The summed E-state index contributed by atoms with van der Waals surface area (Å²) in [4.78, 5) is 8.68. The summed E-state index contributed by atoms with van der Waals surface area (Å²) < 4.78 is 10.6. The molecule has 6 nitrogen and oxygen atoms in total. The van der Waals surface area contributed by atoms with Crippen LogP contribution in [0.25, 0.3) is 0 Å². The molecule has 0 amide bonds. The normalized spacial score (nSPS) is 10.3. The van der Waals surface area contributed by atoms with Gasteiger partial charge in [0.25, 0.3) is 0 Å². The molecule has 3 aromatic rings. The summed E-state index contributed by atoms with van der Waals surface area (Å²) in [6.45, 7) is 0.591. The van der Waals surface area contributed by atoms with E-state index in [0.29, 0.717) is 34.8 Å². The number of benzene rings is 2. The molecule has 7 heteroatoms. The van der Waals surface area contributed by atoms with Gasteiger partial charge in [-0.25, -0.2) is 4.98 Å². The van der Waals surface area contributed by atoms with Gasteiger partial charge in [-0.3, -0.25) is 0 Å². The van der Waals surface area contributed by atoms with Crippen LogP contribution in [0.15, 0.2) is 54.7 Å². The molecule has 0 bridgehead atoms. The quantitative estimate of drug-likeness (QED) is 0.638. The third-order valence-corrected chi connectivity index (χ3v) is 3.89.